The first-order chi connectivity index (χ1) is 16.5. The number of nitrogens with zero attached hydrogens (tertiary/aromatic N) is 1. The predicted octanol–water partition coefficient (Wildman–Crippen LogP) is 4.02. The van der Waals surface area contributed by atoms with Gasteiger partial charge in [0.25, 0.3) is 0 Å². The van der Waals surface area contributed by atoms with E-state index in [-0.39, 0.29) is 30.3 Å². The summed E-state index contributed by atoms with van der Waals surface area (Å²) in [6, 6.07) is 15.7. The van der Waals surface area contributed by atoms with Crippen LogP contribution in [-0.2, 0) is 14.3 Å². The molecule has 2 N–H and O–H groups in total. The molecule has 2 aliphatic carbocycles. The van der Waals surface area contributed by atoms with Crippen LogP contribution >= 0.6 is 0 Å². The number of hydrogen-bond donors (Lipinski definition) is 2. The first-order valence-electron chi connectivity index (χ1n) is 12.2. The molecule has 3 atom stereocenters. The minimum absolute atomic E-state index is 0.00192. The Morgan fingerprint density at radius 1 is 0.941 bits per heavy atom. The molecule has 2 aromatic carbocycles. The normalized spacial score (nSPS) is 23.4. The first-order valence-corrected chi connectivity index (χ1v) is 12.2. The fourth-order valence-electron chi connectivity index (χ4n) is 5.97. The predicted molar refractivity (Wildman–Crippen MR) is 126 cm³/mol. The van der Waals surface area contributed by atoms with E-state index in [0.29, 0.717) is 19.5 Å². The number of ether oxygens (including phenoxy) is 1. The fraction of sp³-hybridized carbons (Fsp3) is 0.444. The molecule has 1 saturated heterocycles. The number of fused-ring (bicyclic) bond motifs is 3. The number of benzene rings is 2. The Kier molecular flexibility index (Phi) is 6.26. The monoisotopic (exact) mass is 462 g/mol. The molecule has 2 unspecified atom stereocenters. The van der Waals surface area contributed by atoms with Gasteiger partial charge in [-0.05, 0) is 53.9 Å². The molecule has 1 aliphatic heterocycles. The van der Waals surface area contributed by atoms with Crippen LogP contribution in [0.25, 0.3) is 11.1 Å². The summed E-state index contributed by atoms with van der Waals surface area (Å²) in [5.41, 5.74) is 4.69. The second-order valence-electron chi connectivity index (χ2n) is 9.53. The van der Waals surface area contributed by atoms with Crippen molar-refractivity contribution >= 4 is 18.0 Å². The van der Waals surface area contributed by atoms with E-state index < -0.39 is 18.1 Å². The van der Waals surface area contributed by atoms with E-state index in [9.17, 15) is 19.5 Å². The molecule has 178 valence electrons. The zero-order valence-electron chi connectivity index (χ0n) is 19.1. The fourth-order valence-corrected chi connectivity index (χ4v) is 5.97. The van der Waals surface area contributed by atoms with Crippen molar-refractivity contribution in [3.05, 3.63) is 59.7 Å². The second kappa shape index (κ2) is 9.49. The summed E-state index contributed by atoms with van der Waals surface area (Å²) >= 11 is 0. The van der Waals surface area contributed by atoms with Crippen LogP contribution in [0.5, 0.6) is 0 Å². The molecule has 0 bridgehead atoms. The van der Waals surface area contributed by atoms with E-state index in [1.165, 1.54) is 16.0 Å². The summed E-state index contributed by atoms with van der Waals surface area (Å²) in [4.78, 5) is 38.6. The van der Waals surface area contributed by atoms with Gasteiger partial charge < -0.3 is 20.1 Å². The van der Waals surface area contributed by atoms with Gasteiger partial charge in [-0.2, -0.15) is 0 Å². The number of carboxylic acid groups (broad SMARTS) is 1. The molecule has 2 fully saturated rings. The highest BCUT2D eigenvalue weighted by Crippen LogP contribution is 2.44. The molecule has 2 amide bonds. The number of carboxylic acids is 1. The van der Waals surface area contributed by atoms with Crippen molar-refractivity contribution in [1.29, 1.82) is 0 Å². The van der Waals surface area contributed by atoms with Crippen LogP contribution in [0.1, 0.15) is 49.1 Å². The third-order valence-corrected chi connectivity index (χ3v) is 7.65. The molecule has 3 aliphatic rings. The third kappa shape index (κ3) is 4.15. The highest BCUT2D eigenvalue weighted by atomic mass is 16.5. The smallest absolute Gasteiger partial charge is 0.407 e. The Morgan fingerprint density at radius 3 is 2.29 bits per heavy atom. The van der Waals surface area contributed by atoms with Crippen LogP contribution in [0.15, 0.2) is 48.5 Å². The lowest BCUT2D eigenvalue weighted by molar-refractivity contribution is -0.150. The Labute approximate surface area is 199 Å². The van der Waals surface area contributed by atoms with Gasteiger partial charge >= 0.3 is 12.1 Å². The van der Waals surface area contributed by atoms with Gasteiger partial charge in [0.2, 0.25) is 5.91 Å². The molecule has 5 rings (SSSR count). The number of carbonyl (C=O) groups excluding carboxylic acids is 2. The number of amides is 2. The molecule has 0 spiro atoms. The molecular weight excluding hydrogens is 432 g/mol. The van der Waals surface area contributed by atoms with Gasteiger partial charge in [0.05, 0.1) is 0 Å². The second-order valence-corrected chi connectivity index (χ2v) is 9.53. The summed E-state index contributed by atoms with van der Waals surface area (Å²) in [6.45, 7) is 1.11. The number of aliphatic carboxylic acids is 1. The van der Waals surface area contributed by atoms with E-state index in [0.717, 1.165) is 36.8 Å². The summed E-state index contributed by atoms with van der Waals surface area (Å²) in [6.07, 6.45) is 3.22. The van der Waals surface area contributed by atoms with E-state index in [1.54, 1.807) is 0 Å². The van der Waals surface area contributed by atoms with Gasteiger partial charge in [0, 0.05) is 24.9 Å². The van der Waals surface area contributed by atoms with Crippen LogP contribution < -0.4 is 5.32 Å². The van der Waals surface area contributed by atoms with Crippen LogP contribution in [0.4, 0.5) is 4.79 Å². The quantitative estimate of drug-likeness (QED) is 0.676. The average molecular weight is 463 g/mol. The van der Waals surface area contributed by atoms with Gasteiger partial charge in [0.1, 0.15) is 12.6 Å². The summed E-state index contributed by atoms with van der Waals surface area (Å²) in [7, 11) is 0. The summed E-state index contributed by atoms with van der Waals surface area (Å²) in [5, 5.41) is 12.3. The van der Waals surface area contributed by atoms with E-state index in [2.05, 4.69) is 29.6 Å². The van der Waals surface area contributed by atoms with Crippen molar-refractivity contribution in [2.75, 3.05) is 19.7 Å². The number of rotatable bonds is 6. The van der Waals surface area contributed by atoms with E-state index in [4.69, 9.17) is 4.74 Å². The Bertz CT molecular complexity index is 1050. The molecular formula is C27H30N2O5. The lowest BCUT2D eigenvalue weighted by Crippen LogP contribution is -2.45. The van der Waals surface area contributed by atoms with Crippen molar-refractivity contribution in [2.24, 2.45) is 11.8 Å². The highest BCUT2D eigenvalue weighted by Gasteiger charge is 2.41. The van der Waals surface area contributed by atoms with E-state index >= 15 is 0 Å². The lowest BCUT2D eigenvalue weighted by Gasteiger charge is -2.28. The maximum absolute atomic E-state index is 13.1. The number of hydrogen-bond acceptors (Lipinski definition) is 4. The van der Waals surface area contributed by atoms with Crippen LogP contribution in [0.2, 0.25) is 0 Å². The highest BCUT2D eigenvalue weighted by molar-refractivity contribution is 5.86. The third-order valence-electron chi connectivity index (χ3n) is 7.65. The average Bonchev–Trinajstić information content (AvgIpc) is 3.59. The Hall–Kier alpha value is -3.35. The number of nitrogens with one attached hydrogen (secondary N) is 1. The molecule has 2 aromatic rings. The Morgan fingerprint density at radius 2 is 1.62 bits per heavy atom. The number of likely N-dealkylation sites (tertiary alicyclic amines) is 1. The topological polar surface area (TPSA) is 95.9 Å². The molecule has 34 heavy (non-hydrogen) atoms. The van der Waals surface area contributed by atoms with Crippen molar-refractivity contribution in [1.82, 2.24) is 10.2 Å². The van der Waals surface area contributed by atoms with Gasteiger partial charge in [-0.25, -0.2) is 9.59 Å². The molecule has 0 aromatic heterocycles. The summed E-state index contributed by atoms with van der Waals surface area (Å²) in [5.74, 6) is -1.25. The SMILES string of the molecule is O=C(NCC1CCCC1C(=O)N1CCC[C@H]1C(=O)O)OCC1c2ccccc2-c2ccccc21. The number of alkyl carbamates (subject to hydrolysis) is 1. The summed E-state index contributed by atoms with van der Waals surface area (Å²) < 4.78 is 5.62. The van der Waals surface area contributed by atoms with Gasteiger partial charge in [-0.15, -0.1) is 0 Å². The lowest BCUT2D eigenvalue weighted by atomic mass is 9.94. The molecule has 7 heteroatoms. The number of carbonyl (C=O) groups is 3. The minimum atomic E-state index is -0.933. The van der Waals surface area contributed by atoms with Gasteiger partial charge in [-0.1, -0.05) is 55.0 Å². The largest absolute Gasteiger partial charge is 0.480 e. The molecule has 0 radical (unpaired) electrons. The van der Waals surface area contributed by atoms with E-state index in [1.807, 2.05) is 24.3 Å². The maximum Gasteiger partial charge on any atom is 0.407 e. The van der Waals surface area contributed by atoms with Crippen LogP contribution in [0.3, 0.4) is 0 Å². The maximum atomic E-state index is 13.1. The molecule has 1 saturated carbocycles. The zero-order valence-corrected chi connectivity index (χ0v) is 19.1. The van der Waals surface area contributed by atoms with Crippen molar-refractivity contribution in [3.8, 4) is 11.1 Å². The van der Waals surface area contributed by atoms with Crippen molar-refractivity contribution in [2.45, 2.75) is 44.1 Å². The van der Waals surface area contributed by atoms with Crippen molar-refractivity contribution < 1.29 is 24.2 Å². The van der Waals surface area contributed by atoms with Gasteiger partial charge in [-0.3, -0.25) is 4.79 Å². The molecule has 7 nitrogen and oxygen atoms in total. The minimum Gasteiger partial charge on any atom is -0.480 e. The zero-order chi connectivity index (χ0) is 23.7. The standard InChI is InChI=1S/C27H30N2O5/c30-25(29-14-6-13-24(29)26(31)32)18-12-5-7-17(18)15-28-27(33)34-16-23-21-10-3-1-8-19(21)20-9-2-4-11-22(20)23/h1-4,8-11,17-18,23-24H,5-7,12-16H2,(H,28,33)(H,31,32)/t17?,18?,24-/m0/s1. The van der Waals surface area contributed by atoms with Crippen LogP contribution in [0, 0.1) is 11.8 Å². The first kappa shape index (κ1) is 22.4. The van der Waals surface area contributed by atoms with Gasteiger partial charge in [0.15, 0.2) is 0 Å². The Balaban J connectivity index is 1.17. The van der Waals surface area contributed by atoms with Crippen molar-refractivity contribution in [3.63, 3.8) is 0 Å². The molecule has 1 heterocycles. The van der Waals surface area contributed by atoms with Crippen LogP contribution in [-0.4, -0.2) is 53.7 Å².